The molecule has 0 aliphatic carbocycles. The fourth-order valence-electron chi connectivity index (χ4n) is 2.03. The van der Waals surface area contributed by atoms with Crippen molar-refractivity contribution in [1.82, 2.24) is 5.32 Å². The van der Waals surface area contributed by atoms with Gasteiger partial charge in [-0.3, -0.25) is 4.79 Å². The van der Waals surface area contributed by atoms with E-state index in [0.717, 1.165) is 16.9 Å². The zero-order valence-electron chi connectivity index (χ0n) is 13.1. The first-order chi connectivity index (χ1) is 9.31. The van der Waals surface area contributed by atoms with Crippen molar-refractivity contribution in [3.8, 4) is 5.75 Å². The summed E-state index contributed by atoms with van der Waals surface area (Å²) in [4.78, 5) is 11.4. The van der Waals surface area contributed by atoms with Crippen LogP contribution in [0.1, 0.15) is 44.7 Å². The second-order valence-corrected chi connectivity index (χ2v) is 5.78. The molecule has 1 aromatic rings. The number of nitrogens with two attached hydrogens (primary N) is 1. The highest BCUT2D eigenvalue weighted by molar-refractivity contribution is 5.80. The van der Waals surface area contributed by atoms with E-state index >= 15 is 0 Å². The molecular formula is C16H26N2O2. The van der Waals surface area contributed by atoms with Crippen molar-refractivity contribution in [2.45, 2.75) is 52.6 Å². The molecule has 20 heavy (non-hydrogen) atoms. The Bertz CT molecular complexity index is 456. The lowest BCUT2D eigenvalue weighted by Gasteiger charge is -2.21. The molecule has 0 fully saturated rings. The number of benzene rings is 1. The average molecular weight is 278 g/mol. The maximum atomic E-state index is 11.4. The van der Waals surface area contributed by atoms with Gasteiger partial charge in [0.15, 0.2) is 0 Å². The molecule has 1 aromatic carbocycles. The van der Waals surface area contributed by atoms with Crippen molar-refractivity contribution in [3.63, 3.8) is 0 Å². The van der Waals surface area contributed by atoms with Crippen molar-refractivity contribution in [1.29, 1.82) is 0 Å². The van der Waals surface area contributed by atoms with Crippen molar-refractivity contribution in [3.05, 3.63) is 29.3 Å². The van der Waals surface area contributed by atoms with Crippen molar-refractivity contribution in [2.75, 3.05) is 6.61 Å². The van der Waals surface area contributed by atoms with Crippen LogP contribution in [-0.4, -0.2) is 24.6 Å². The molecule has 0 spiro atoms. The highest BCUT2D eigenvalue weighted by atomic mass is 16.5. The molecule has 4 heteroatoms. The van der Waals surface area contributed by atoms with Crippen molar-refractivity contribution in [2.24, 2.45) is 5.73 Å². The minimum absolute atomic E-state index is 0.179. The SMILES string of the molecule is Cc1ccc(C(C)C)c(OCC(NC(C)C)C(N)=O)c1. The zero-order chi connectivity index (χ0) is 15.3. The maximum Gasteiger partial charge on any atom is 0.238 e. The van der Waals surface area contributed by atoms with Crippen LogP contribution in [0.15, 0.2) is 18.2 Å². The molecular weight excluding hydrogens is 252 g/mol. The largest absolute Gasteiger partial charge is 0.491 e. The van der Waals surface area contributed by atoms with E-state index in [-0.39, 0.29) is 12.6 Å². The van der Waals surface area contributed by atoms with E-state index in [9.17, 15) is 4.79 Å². The van der Waals surface area contributed by atoms with Crippen LogP contribution >= 0.6 is 0 Å². The Morgan fingerprint density at radius 2 is 1.95 bits per heavy atom. The Kier molecular flexibility index (Phi) is 6.02. The number of hydrogen-bond donors (Lipinski definition) is 2. The number of ether oxygens (including phenoxy) is 1. The summed E-state index contributed by atoms with van der Waals surface area (Å²) in [5.74, 6) is 0.810. The Morgan fingerprint density at radius 3 is 2.45 bits per heavy atom. The van der Waals surface area contributed by atoms with Crippen LogP contribution in [0.5, 0.6) is 5.75 Å². The molecule has 4 nitrogen and oxygen atoms in total. The number of amides is 1. The quantitative estimate of drug-likeness (QED) is 0.804. The van der Waals surface area contributed by atoms with Crippen molar-refractivity contribution >= 4 is 5.91 Å². The molecule has 1 rings (SSSR count). The van der Waals surface area contributed by atoms with E-state index in [1.54, 1.807) is 0 Å². The van der Waals surface area contributed by atoms with Gasteiger partial charge >= 0.3 is 0 Å². The van der Waals surface area contributed by atoms with Crippen LogP contribution in [0.4, 0.5) is 0 Å². The summed E-state index contributed by atoms with van der Waals surface area (Å²) >= 11 is 0. The summed E-state index contributed by atoms with van der Waals surface area (Å²) < 4.78 is 5.84. The van der Waals surface area contributed by atoms with Crippen LogP contribution in [0.25, 0.3) is 0 Å². The van der Waals surface area contributed by atoms with Gasteiger partial charge in [0.25, 0.3) is 0 Å². The van der Waals surface area contributed by atoms with Gasteiger partial charge < -0.3 is 15.8 Å². The van der Waals surface area contributed by atoms with Gasteiger partial charge in [-0.25, -0.2) is 0 Å². The van der Waals surface area contributed by atoms with Crippen LogP contribution < -0.4 is 15.8 Å². The molecule has 112 valence electrons. The molecule has 3 N–H and O–H groups in total. The van der Waals surface area contributed by atoms with Gasteiger partial charge in [0.1, 0.15) is 18.4 Å². The second kappa shape index (κ2) is 7.29. The highest BCUT2D eigenvalue weighted by Gasteiger charge is 2.18. The predicted octanol–water partition coefficient (Wildman–Crippen LogP) is 2.35. The normalized spacial score (nSPS) is 12.8. The van der Waals surface area contributed by atoms with Gasteiger partial charge in [0.05, 0.1) is 0 Å². The summed E-state index contributed by atoms with van der Waals surface area (Å²) in [7, 11) is 0. The first-order valence-corrected chi connectivity index (χ1v) is 7.10. The van der Waals surface area contributed by atoms with Gasteiger partial charge in [0, 0.05) is 6.04 Å². The number of aryl methyl sites for hydroxylation is 1. The van der Waals surface area contributed by atoms with Gasteiger partial charge in [-0.2, -0.15) is 0 Å². The lowest BCUT2D eigenvalue weighted by Crippen LogP contribution is -2.48. The minimum atomic E-state index is -0.476. The lowest BCUT2D eigenvalue weighted by molar-refractivity contribution is -0.120. The summed E-state index contributed by atoms with van der Waals surface area (Å²) in [6.07, 6.45) is 0. The van der Waals surface area contributed by atoms with E-state index in [4.69, 9.17) is 10.5 Å². The molecule has 1 amide bonds. The Balaban J connectivity index is 2.81. The maximum absolute atomic E-state index is 11.4. The van der Waals surface area contributed by atoms with Crippen LogP contribution in [0.2, 0.25) is 0 Å². The Morgan fingerprint density at radius 1 is 1.30 bits per heavy atom. The van der Waals surface area contributed by atoms with E-state index in [1.165, 1.54) is 0 Å². The molecule has 1 atom stereocenters. The fraction of sp³-hybridized carbons (Fsp3) is 0.562. The number of rotatable bonds is 7. The van der Waals surface area contributed by atoms with E-state index in [0.29, 0.717) is 5.92 Å². The predicted molar refractivity (Wildman–Crippen MR) is 82.0 cm³/mol. The lowest BCUT2D eigenvalue weighted by atomic mass is 10.0. The van der Waals surface area contributed by atoms with E-state index in [2.05, 4.69) is 31.3 Å². The zero-order valence-corrected chi connectivity index (χ0v) is 13.1. The summed E-state index contributed by atoms with van der Waals surface area (Å²) in [6.45, 7) is 10.5. The smallest absolute Gasteiger partial charge is 0.238 e. The first kappa shape index (κ1) is 16.5. The first-order valence-electron chi connectivity index (χ1n) is 7.10. The van der Waals surface area contributed by atoms with Crippen LogP contribution in [-0.2, 0) is 4.79 Å². The number of carbonyl (C=O) groups is 1. The summed E-state index contributed by atoms with van der Waals surface area (Å²) in [5, 5.41) is 3.11. The van der Waals surface area contributed by atoms with Gasteiger partial charge in [0.2, 0.25) is 5.91 Å². The molecule has 0 aliphatic heterocycles. The fourth-order valence-corrected chi connectivity index (χ4v) is 2.03. The number of nitrogens with one attached hydrogen (secondary N) is 1. The average Bonchev–Trinajstić information content (AvgIpc) is 2.33. The summed E-state index contributed by atoms with van der Waals surface area (Å²) in [6, 6.07) is 5.85. The molecule has 0 heterocycles. The third kappa shape index (κ3) is 4.85. The Hall–Kier alpha value is -1.55. The molecule has 1 unspecified atom stereocenters. The van der Waals surface area contributed by atoms with Crippen LogP contribution in [0, 0.1) is 6.92 Å². The monoisotopic (exact) mass is 278 g/mol. The molecule has 0 saturated carbocycles. The third-order valence-corrected chi connectivity index (χ3v) is 3.07. The summed E-state index contributed by atoms with van der Waals surface area (Å²) in [5.41, 5.74) is 7.67. The molecule has 0 saturated heterocycles. The molecule has 0 bridgehead atoms. The molecule has 0 radical (unpaired) electrons. The van der Waals surface area contributed by atoms with Crippen molar-refractivity contribution < 1.29 is 9.53 Å². The third-order valence-electron chi connectivity index (χ3n) is 3.07. The van der Waals surface area contributed by atoms with E-state index < -0.39 is 11.9 Å². The Labute approximate surface area is 121 Å². The molecule has 0 aromatic heterocycles. The highest BCUT2D eigenvalue weighted by Crippen LogP contribution is 2.27. The number of hydrogen-bond acceptors (Lipinski definition) is 3. The standard InChI is InChI=1S/C16H26N2O2/c1-10(2)13-7-6-12(5)8-15(13)20-9-14(16(17)19)18-11(3)4/h6-8,10-11,14,18H,9H2,1-5H3,(H2,17,19). The second-order valence-electron chi connectivity index (χ2n) is 5.78. The van der Waals surface area contributed by atoms with E-state index in [1.807, 2.05) is 26.8 Å². The van der Waals surface area contributed by atoms with Gasteiger partial charge in [-0.05, 0) is 30.0 Å². The van der Waals surface area contributed by atoms with Gasteiger partial charge in [-0.1, -0.05) is 39.8 Å². The van der Waals surface area contributed by atoms with Gasteiger partial charge in [-0.15, -0.1) is 0 Å². The topological polar surface area (TPSA) is 64.3 Å². The minimum Gasteiger partial charge on any atom is -0.491 e. The number of primary amides is 1. The number of carbonyl (C=O) groups excluding carboxylic acids is 1. The van der Waals surface area contributed by atoms with Crippen LogP contribution in [0.3, 0.4) is 0 Å². The molecule has 0 aliphatic rings.